The minimum atomic E-state index is -0.0541. The number of carbonyl (C=O) groups is 1. The number of nitrogens with one attached hydrogen (secondary N) is 1. The van der Waals surface area contributed by atoms with Gasteiger partial charge in [0, 0.05) is 6.54 Å². The number of amides is 1. The van der Waals surface area contributed by atoms with Crippen molar-refractivity contribution in [3.63, 3.8) is 0 Å². The first-order valence-electron chi connectivity index (χ1n) is 5.37. The molecule has 0 saturated heterocycles. The molecular formula is C11H22BrNO. The molecule has 84 valence electrons. The summed E-state index contributed by atoms with van der Waals surface area (Å²) < 4.78 is 0. The normalized spacial score (nSPS) is 13.4. The Morgan fingerprint density at radius 3 is 2.29 bits per heavy atom. The van der Waals surface area contributed by atoms with Gasteiger partial charge < -0.3 is 5.32 Å². The maximum Gasteiger partial charge on any atom is 0.234 e. The molecule has 1 atom stereocenters. The molecule has 1 unspecified atom stereocenters. The van der Waals surface area contributed by atoms with Gasteiger partial charge in [0.05, 0.1) is 4.83 Å². The highest BCUT2D eigenvalue weighted by atomic mass is 79.9. The summed E-state index contributed by atoms with van der Waals surface area (Å²) in [7, 11) is 0. The summed E-state index contributed by atoms with van der Waals surface area (Å²) in [4.78, 5) is 11.4. The second-order valence-electron chi connectivity index (χ2n) is 4.47. The second-order valence-corrected chi connectivity index (χ2v) is 5.46. The van der Waals surface area contributed by atoms with E-state index < -0.39 is 0 Å². The van der Waals surface area contributed by atoms with Gasteiger partial charge in [0.2, 0.25) is 5.91 Å². The summed E-state index contributed by atoms with van der Waals surface area (Å²) in [5.74, 6) is 1.18. The Hall–Kier alpha value is -0.0500. The Morgan fingerprint density at radius 2 is 1.86 bits per heavy atom. The molecule has 0 aliphatic heterocycles. The van der Waals surface area contributed by atoms with Gasteiger partial charge in [-0.25, -0.2) is 0 Å². The van der Waals surface area contributed by atoms with Crippen LogP contribution in [0.4, 0.5) is 0 Å². The molecule has 0 heterocycles. The van der Waals surface area contributed by atoms with Gasteiger partial charge in [0.25, 0.3) is 0 Å². The lowest BCUT2D eigenvalue weighted by Gasteiger charge is -2.13. The van der Waals surface area contributed by atoms with Gasteiger partial charge in [0.15, 0.2) is 0 Å². The molecule has 3 heteroatoms. The van der Waals surface area contributed by atoms with Crippen molar-refractivity contribution in [3.8, 4) is 0 Å². The van der Waals surface area contributed by atoms with Crippen molar-refractivity contribution in [2.24, 2.45) is 11.8 Å². The fraction of sp³-hybridized carbons (Fsp3) is 0.909. The topological polar surface area (TPSA) is 29.1 Å². The van der Waals surface area contributed by atoms with E-state index in [0.717, 1.165) is 18.9 Å². The van der Waals surface area contributed by atoms with E-state index in [1.165, 1.54) is 6.42 Å². The monoisotopic (exact) mass is 263 g/mol. The van der Waals surface area contributed by atoms with Crippen LogP contribution < -0.4 is 5.32 Å². The second kappa shape index (κ2) is 7.27. The molecule has 0 aliphatic rings. The lowest BCUT2D eigenvalue weighted by atomic mass is 10.1. The van der Waals surface area contributed by atoms with Gasteiger partial charge in [-0.05, 0) is 24.7 Å². The average Bonchev–Trinajstić information content (AvgIpc) is 2.10. The Kier molecular flexibility index (Phi) is 7.24. The van der Waals surface area contributed by atoms with E-state index in [9.17, 15) is 4.79 Å². The summed E-state index contributed by atoms with van der Waals surface area (Å²) in [6.07, 6.45) is 2.25. The molecule has 0 aliphatic carbocycles. The van der Waals surface area contributed by atoms with Crippen molar-refractivity contribution in [2.75, 3.05) is 6.54 Å². The van der Waals surface area contributed by atoms with E-state index in [1.807, 2.05) is 13.8 Å². The van der Waals surface area contributed by atoms with Gasteiger partial charge in [0.1, 0.15) is 0 Å². The molecule has 0 aromatic carbocycles. The number of hydrogen-bond acceptors (Lipinski definition) is 1. The summed E-state index contributed by atoms with van der Waals surface area (Å²) in [6, 6.07) is 0. The van der Waals surface area contributed by atoms with Gasteiger partial charge in [-0.3, -0.25) is 4.79 Å². The molecule has 2 nitrogen and oxygen atoms in total. The standard InChI is InChI=1S/C11H22BrNO/c1-8(2)6-5-7-13-11(14)10(12)9(3)4/h8-10H,5-7H2,1-4H3,(H,13,14). The molecular weight excluding hydrogens is 242 g/mol. The Morgan fingerprint density at radius 1 is 1.29 bits per heavy atom. The predicted octanol–water partition coefficient (Wildman–Crippen LogP) is 2.96. The largest absolute Gasteiger partial charge is 0.355 e. The van der Waals surface area contributed by atoms with Gasteiger partial charge >= 0.3 is 0 Å². The van der Waals surface area contributed by atoms with Crippen LogP contribution in [-0.2, 0) is 4.79 Å². The third kappa shape index (κ3) is 6.41. The van der Waals surface area contributed by atoms with Crippen molar-refractivity contribution >= 4 is 21.8 Å². The van der Waals surface area contributed by atoms with E-state index in [0.29, 0.717) is 5.92 Å². The van der Waals surface area contributed by atoms with Crippen LogP contribution in [0.3, 0.4) is 0 Å². The average molecular weight is 264 g/mol. The number of alkyl halides is 1. The van der Waals surface area contributed by atoms with Crippen LogP contribution in [-0.4, -0.2) is 17.3 Å². The van der Waals surface area contributed by atoms with Crippen molar-refractivity contribution in [3.05, 3.63) is 0 Å². The molecule has 0 rings (SSSR count). The molecule has 14 heavy (non-hydrogen) atoms. The quantitative estimate of drug-likeness (QED) is 0.580. The minimum absolute atomic E-state index is 0.0541. The van der Waals surface area contributed by atoms with Gasteiger partial charge in [-0.1, -0.05) is 43.6 Å². The summed E-state index contributed by atoms with van der Waals surface area (Å²) in [6.45, 7) is 9.26. The highest BCUT2D eigenvalue weighted by Crippen LogP contribution is 2.11. The molecule has 0 aromatic rings. The maximum atomic E-state index is 11.5. The fourth-order valence-electron chi connectivity index (χ4n) is 1.12. The molecule has 0 saturated carbocycles. The lowest BCUT2D eigenvalue weighted by Crippen LogP contribution is -2.34. The number of hydrogen-bond donors (Lipinski definition) is 1. The van der Waals surface area contributed by atoms with Crippen molar-refractivity contribution in [1.29, 1.82) is 0 Å². The first kappa shape index (κ1) is 13.9. The third-order valence-corrected chi connectivity index (χ3v) is 3.57. The zero-order valence-electron chi connectivity index (χ0n) is 9.64. The zero-order chi connectivity index (χ0) is 11.1. The van der Waals surface area contributed by atoms with E-state index in [-0.39, 0.29) is 10.7 Å². The minimum Gasteiger partial charge on any atom is -0.355 e. The zero-order valence-corrected chi connectivity index (χ0v) is 11.2. The van der Waals surface area contributed by atoms with Gasteiger partial charge in [-0.2, -0.15) is 0 Å². The lowest BCUT2D eigenvalue weighted by molar-refractivity contribution is -0.121. The van der Waals surface area contributed by atoms with Gasteiger partial charge in [-0.15, -0.1) is 0 Å². The van der Waals surface area contributed by atoms with Crippen LogP contribution in [0, 0.1) is 11.8 Å². The molecule has 0 fully saturated rings. The molecule has 0 bridgehead atoms. The highest BCUT2D eigenvalue weighted by molar-refractivity contribution is 9.10. The first-order valence-corrected chi connectivity index (χ1v) is 6.28. The van der Waals surface area contributed by atoms with E-state index >= 15 is 0 Å². The summed E-state index contributed by atoms with van der Waals surface area (Å²) in [5, 5.41) is 2.93. The number of halogens is 1. The number of rotatable bonds is 6. The molecule has 1 amide bonds. The fourth-order valence-corrected chi connectivity index (χ4v) is 1.28. The predicted molar refractivity (Wildman–Crippen MR) is 64.6 cm³/mol. The van der Waals surface area contributed by atoms with E-state index in [4.69, 9.17) is 0 Å². The number of carbonyl (C=O) groups excluding carboxylic acids is 1. The Labute approximate surface area is 96.0 Å². The SMILES string of the molecule is CC(C)CCCNC(=O)C(Br)C(C)C. The Balaban J connectivity index is 3.54. The van der Waals surface area contributed by atoms with Crippen molar-refractivity contribution in [1.82, 2.24) is 5.32 Å². The molecule has 1 N–H and O–H groups in total. The maximum absolute atomic E-state index is 11.5. The van der Waals surface area contributed by atoms with Crippen LogP contribution >= 0.6 is 15.9 Å². The third-order valence-electron chi connectivity index (χ3n) is 2.09. The summed E-state index contributed by atoms with van der Waals surface area (Å²) in [5.41, 5.74) is 0. The summed E-state index contributed by atoms with van der Waals surface area (Å²) >= 11 is 3.38. The first-order chi connectivity index (χ1) is 6.45. The molecule has 0 aromatic heterocycles. The van der Waals surface area contributed by atoms with Crippen LogP contribution in [0.25, 0.3) is 0 Å². The van der Waals surface area contributed by atoms with E-state index in [1.54, 1.807) is 0 Å². The Bertz CT molecular complexity index is 169. The van der Waals surface area contributed by atoms with Crippen molar-refractivity contribution in [2.45, 2.75) is 45.4 Å². The van der Waals surface area contributed by atoms with Crippen LogP contribution in [0.1, 0.15) is 40.5 Å². The van der Waals surface area contributed by atoms with Crippen LogP contribution in [0.2, 0.25) is 0 Å². The van der Waals surface area contributed by atoms with Crippen LogP contribution in [0.15, 0.2) is 0 Å². The molecule has 0 spiro atoms. The van der Waals surface area contributed by atoms with Crippen molar-refractivity contribution < 1.29 is 4.79 Å². The van der Waals surface area contributed by atoms with Crippen LogP contribution in [0.5, 0.6) is 0 Å². The highest BCUT2D eigenvalue weighted by Gasteiger charge is 2.17. The van der Waals surface area contributed by atoms with E-state index in [2.05, 4.69) is 35.1 Å². The smallest absolute Gasteiger partial charge is 0.234 e. The molecule has 0 radical (unpaired) electrons.